The molecule has 0 N–H and O–H groups in total. The van der Waals surface area contributed by atoms with Gasteiger partial charge in [0.05, 0.1) is 18.0 Å². The highest BCUT2D eigenvalue weighted by molar-refractivity contribution is 6.00. The zero-order chi connectivity index (χ0) is 18.8. The minimum atomic E-state index is 0.666. The van der Waals surface area contributed by atoms with Crippen LogP contribution in [0.4, 0.5) is 0 Å². The van der Waals surface area contributed by atoms with Crippen LogP contribution < -0.4 is 9.47 Å². The molecule has 4 aromatic rings. The number of unbranched alkanes of at least 4 members (excludes halogenated alkanes) is 1. The predicted octanol–water partition coefficient (Wildman–Crippen LogP) is 4.22. The minimum Gasteiger partial charge on any atom is -0.618 e. The molecule has 5 nitrogen and oxygen atoms in total. The molecule has 138 valence electrons. The second-order valence-electron chi connectivity index (χ2n) is 6.78. The number of methoxy groups -OCH3 is 1. The number of aromatic nitrogens is 3. The maximum atomic E-state index is 12.4. The first-order valence-electron chi connectivity index (χ1n) is 9.34. The third-order valence-corrected chi connectivity index (χ3v) is 4.94. The summed E-state index contributed by atoms with van der Waals surface area (Å²) in [6, 6.07) is 15.8. The lowest BCUT2D eigenvalue weighted by molar-refractivity contribution is -0.575. The molecular weight excluding hydrogens is 338 g/mol. The molecule has 2 aromatic heterocycles. The number of fused-ring (bicyclic) bond motifs is 3. The van der Waals surface area contributed by atoms with Gasteiger partial charge in [-0.05, 0) is 30.2 Å². The number of imidazole rings is 1. The summed E-state index contributed by atoms with van der Waals surface area (Å²) in [6.45, 7) is 2.87. The quantitative estimate of drug-likeness (QED) is 0.382. The van der Waals surface area contributed by atoms with Crippen molar-refractivity contribution in [2.24, 2.45) is 0 Å². The molecule has 0 aliphatic rings. The van der Waals surface area contributed by atoms with E-state index < -0.39 is 0 Å². The highest BCUT2D eigenvalue weighted by Crippen LogP contribution is 2.26. The Morgan fingerprint density at radius 2 is 2.00 bits per heavy atom. The van der Waals surface area contributed by atoms with Gasteiger partial charge in [-0.3, -0.25) is 0 Å². The van der Waals surface area contributed by atoms with Gasteiger partial charge in [0.25, 0.3) is 0 Å². The summed E-state index contributed by atoms with van der Waals surface area (Å²) in [7, 11) is 1.68. The molecule has 0 saturated carbocycles. The van der Waals surface area contributed by atoms with Crippen LogP contribution in [0.2, 0.25) is 0 Å². The number of rotatable bonds is 6. The Labute approximate surface area is 158 Å². The summed E-state index contributed by atoms with van der Waals surface area (Å²) in [4.78, 5) is 4.81. The monoisotopic (exact) mass is 361 g/mol. The Morgan fingerprint density at radius 1 is 1.15 bits per heavy atom. The van der Waals surface area contributed by atoms with Crippen LogP contribution in [0.5, 0.6) is 5.75 Å². The summed E-state index contributed by atoms with van der Waals surface area (Å²) in [5.41, 5.74) is 3.58. The molecule has 2 aromatic carbocycles. The van der Waals surface area contributed by atoms with Crippen LogP contribution in [0.15, 0.2) is 54.7 Å². The lowest BCUT2D eigenvalue weighted by Crippen LogP contribution is -2.26. The second kappa shape index (κ2) is 7.27. The molecule has 0 amide bonds. The molecule has 0 unspecified atom stereocenters. The zero-order valence-corrected chi connectivity index (χ0v) is 15.7. The van der Waals surface area contributed by atoms with Gasteiger partial charge in [0.1, 0.15) is 11.6 Å². The number of nitrogens with zero attached hydrogens (tertiary/aromatic N) is 3. The van der Waals surface area contributed by atoms with E-state index in [9.17, 15) is 5.21 Å². The number of ether oxygens (including phenoxy) is 1. The van der Waals surface area contributed by atoms with Crippen molar-refractivity contribution in [3.63, 3.8) is 0 Å². The average molecular weight is 361 g/mol. The standard InChI is InChI=1S/C22H23N3O2/c1-3-4-12-21-23-19-15-25(26)20-11-6-5-10-18(20)22(19)24(21)14-16-8-7-9-17(13-16)27-2/h5-11,13,15H,3-4,12,14H2,1-2H3. The van der Waals surface area contributed by atoms with Gasteiger partial charge >= 0.3 is 0 Å². The molecular formula is C22H23N3O2. The number of para-hydroxylation sites is 1. The van der Waals surface area contributed by atoms with Crippen LogP contribution in [-0.2, 0) is 13.0 Å². The number of aryl methyl sites for hydroxylation is 1. The lowest BCUT2D eigenvalue weighted by Gasteiger charge is -2.11. The molecule has 0 aliphatic carbocycles. The molecule has 0 bridgehead atoms. The Kier molecular flexibility index (Phi) is 4.67. The third kappa shape index (κ3) is 3.21. The lowest BCUT2D eigenvalue weighted by atomic mass is 10.1. The summed E-state index contributed by atoms with van der Waals surface area (Å²) in [6.07, 6.45) is 4.65. The molecule has 5 heteroatoms. The molecule has 27 heavy (non-hydrogen) atoms. The van der Waals surface area contributed by atoms with Crippen molar-refractivity contribution >= 4 is 21.9 Å². The molecule has 4 rings (SSSR count). The Morgan fingerprint density at radius 3 is 2.81 bits per heavy atom. The fourth-order valence-corrected chi connectivity index (χ4v) is 3.59. The van der Waals surface area contributed by atoms with Gasteiger partial charge in [-0.1, -0.05) is 37.6 Å². The Balaban J connectivity index is 1.93. The first-order chi connectivity index (χ1) is 13.2. The molecule has 0 fully saturated rings. The molecule has 0 atom stereocenters. The van der Waals surface area contributed by atoms with Gasteiger partial charge in [-0.15, -0.1) is 0 Å². The average Bonchev–Trinajstić information content (AvgIpc) is 3.03. The highest BCUT2D eigenvalue weighted by Gasteiger charge is 2.18. The van der Waals surface area contributed by atoms with Crippen molar-refractivity contribution in [3.8, 4) is 5.75 Å². The second-order valence-corrected chi connectivity index (χ2v) is 6.78. The fourth-order valence-electron chi connectivity index (χ4n) is 3.59. The Hall–Kier alpha value is -3.08. The van der Waals surface area contributed by atoms with Gasteiger partial charge in [0.2, 0.25) is 11.7 Å². The SMILES string of the molecule is CCCCc1nc2c[n+]([O-])c3ccccc3c2n1Cc1cccc(OC)c1. The maximum Gasteiger partial charge on any atom is 0.226 e. The van der Waals surface area contributed by atoms with E-state index in [0.717, 1.165) is 57.5 Å². The van der Waals surface area contributed by atoms with Gasteiger partial charge in [-0.2, -0.15) is 4.73 Å². The van der Waals surface area contributed by atoms with Crippen LogP contribution in [0, 0.1) is 5.21 Å². The fraction of sp³-hybridized carbons (Fsp3) is 0.273. The van der Waals surface area contributed by atoms with Crippen molar-refractivity contribution < 1.29 is 9.47 Å². The minimum absolute atomic E-state index is 0.666. The molecule has 0 aliphatic heterocycles. The van der Waals surface area contributed by atoms with Crippen LogP contribution in [0.3, 0.4) is 0 Å². The normalized spacial score (nSPS) is 11.3. The van der Waals surface area contributed by atoms with Crippen molar-refractivity contribution in [1.82, 2.24) is 9.55 Å². The number of benzene rings is 2. The summed E-state index contributed by atoms with van der Waals surface area (Å²) in [5, 5.41) is 13.4. The van der Waals surface area contributed by atoms with Crippen LogP contribution >= 0.6 is 0 Å². The van der Waals surface area contributed by atoms with E-state index in [1.807, 2.05) is 42.5 Å². The Bertz CT molecular complexity index is 1100. The third-order valence-electron chi connectivity index (χ3n) is 4.94. The van der Waals surface area contributed by atoms with Gasteiger partial charge < -0.3 is 14.5 Å². The van der Waals surface area contributed by atoms with Crippen molar-refractivity contribution in [2.45, 2.75) is 32.7 Å². The van der Waals surface area contributed by atoms with Crippen molar-refractivity contribution in [3.05, 3.63) is 71.3 Å². The van der Waals surface area contributed by atoms with E-state index in [1.165, 1.54) is 0 Å². The van der Waals surface area contributed by atoms with E-state index in [1.54, 1.807) is 13.3 Å². The molecule has 2 heterocycles. The van der Waals surface area contributed by atoms with E-state index in [4.69, 9.17) is 9.72 Å². The van der Waals surface area contributed by atoms with Gasteiger partial charge in [0.15, 0.2) is 5.52 Å². The smallest absolute Gasteiger partial charge is 0.226 e. The predicted molar refractivity (Wildman–Crippen MR) is 107 cm³/mol. The van der Waals surface area contributed by atoms with Crippen molar-refractivity contribution in [2.75, 3.05) is 7.11 Å². The topological polar surface area (TPSA) is 54.0 Å². The van der Waals surface area contributed by atoms with Crippen LogP contribution in [0.1, 0.15) is 31.2 Å². The molecule has 0 spiro atoms. The summed E-state index contributed by atoms with van der Waals surface area (Å²) >= 11 is 0. The first-order valence-corrected chi connectivity index (χ1v) is 9.34. The van der Waals surface area contributed by atoms with Crippen molar-refractivity contribution in [1.29, 1.82) is 0 Å². The molecule has 0 radical (unpaired) electrons. The van der Waals surface area contributed by atoms with E-state index in [-0.39, 0.29) is 0 Å². The summed E-state index contributed by atoms with van der Waals surface area (Å²) in [5.74, 6) is 1.86. The van der Waals surface area contributed by atoms with Gasteiger partial charge in [0, 0.05) is 19.0 Å². The summed E-state index contributed by atoms with van der Waals surface area (Å²) < 4.78 is 8.55. The van der Waals surface area contributed by atoms with E-state index >= 15 is 0 Å². The number of hydrogen-bond donors (Lipinski definition) is 0. The van der Waals surface area contributed by atoms with E-state index in [2.05, 4.69) is 17.6 Å². The van der Waals surface area contributed by atoms with Gasteiger partial charge in [-0.25, -0.2) is 4.98 Å². The van der Waals surface area contributed by atoms with E-state index in [0.29, 0.717) is 12.1 Å². The zero-order valence-electron chi connectivity index (χ0n) is 15.7. The van der Waals surface area contributed by atoms with Crippen LogP contribution in [0.25, 0.3) is 21.9 Å². The molecule has 0 saturated heterocycles. The largest absolute Gasteiger partial charge is 0.618 e. The maximum absolute atomic E-state index is 12.4. The first kappa shape index (κ1) is 17.3. The number of hydrogen-bond acceptors (Lipinski definition) is 3. The number of pyridine rings is 1. The van der Waals surface area contributed by atoms with Crippen LogP contribution in [-0.4, -0.2) is 16.7 Å². The highest BCUT2D eigenvalue weighted by atomic mass is 16.5.